The van der Waals surface area contributed by atoms with Gasteiger partial charge in [0.05, 0.1) is 11.6 Å². The second-order valence-corrected chi connectivity index (χ2v) is 16.2. The zero-order valence-electron chi connectivity index (χ0n) is 30.5. The summed E-state index contributed by atoms with van der Waals surface area (Å²) in [4.78, 5) is 15.4. The predicted molar refractivity (Wildman–Crippen MR) is 219 cm³/mol. The highest BCUT2D eigenvalue weighted by atomic mass is 16.3. The maximum absolute atomic E-state index is 9.53. The summed E-state index contributed by atoms with van der Waals surface area (Å²) in [5.41, 5.74) is 11.3. The maximum Gasteiger partial charge on any atom is 0.164 e. The second kappa shape index (κ2) is 12.6. The molecule has 0 N–H and O–H groups in total. The first-order chi connectivity index (χ1) is 27.1. The minimum atomic E-state index is 0.369. The largest absolute Gasteiger partial charge is 0.456 e. The SMILES string of the molecule is N#Cc1ccc2oc3ccc(-c4cccc(-c5nc(-c6ccccc6)nc(-c6ccccc6-c6ccc(C78CC9CC(CC(C9)C7)C8)cc6)n5)c4)cc3c2c1. The first-order valence-corrected chi connectivity index (χ1v) is 19.6. The number of benzene rings is 6. The number of rotatable bonds is 6. The van der Waals surface area contributed by atoms with Crippen LogP contribution < -0.4 is 0 Å². The number of aromatic nitrogens is 3. The first-order valence-electron chi connectivity index (χ1n) is 19.6. The molecule has 2 aromatic heterocycles. The highest BCUT2D eigenvalue weighted by Gasteiger charge is 2.51. The van der Waals surface area contributed by atoms with Crippen LogP contribution in [0.15, 0.2) is 144 Å². The average molecular weight is 711 g/mol. The number of hydrogen-bond donors (Lipinski definition) is 0. The smallest absolute Gasteiger partial charge is 0.164 e. The highest BCUT2D eigenvalue weighted by Crippen LogP contribution is 2.60. The van der Waals surface area contributed by atoms with E-state index in [0.717, 1.165) is 73.1 Å². The van der Waals surface area contributed by atoms with E-state index in [2.05, 4.69) is 103 Å². The Labute approximate surface area is 320 Å². The van der Waals surface area contributed by atoms with Gasteiger partial charge in [0.15, 0.2) is 17.5 Å². The maximum atomic E-state index is 9.53. The molecule has 0 saturated heterocycles. The number of hydrogen-bond acceptors (Lipinski definition) is 5. The molecule has 55 heavy (non-hydrogen) atoms. The van der Waals surface area contributed by atoms with Crippen molar-refractivity contribution in [2.75, 3.05) is 0 Å². The third-order valence-corrected chi connectivity index (χ3v) is 12.7. The van der Waals surface area contributed by atoms with Gasteiger partial charge in [-0.2, -0.15) is 5.26 Å². The molecule has 5 nitrogen and oxygen atoms in total. The molecule has 264 valence electrons. The molecule has 0 unspecified atom stereocenters. The van der Waals surface area contributed by atoms with Crippen molar-refractivity contribution < 1.29 is 4.42 Å². The summed E-state index contributed by atoms with van der Waals surface area (Å²) in [6, 6.07) is 50.6. The van der Waals surface area contributed by atoms with Crippen molar-refractivity contribution in [2.45, 2.75) is 43.9 Å². The van der Waals surface area contributed by atoms with E-state index in [9.17, 15) is 5.26 Å². The van der Waals surface area contributed by atoms with Crippen LogP contribution in [0.5, 0.6) is 0 Å². The Kier molecular flexibility index (Phi) is 7.35. The van der Waals surface area contributed by atoms with Gasteiger partial charge in [-0.05, 0) is 126 Å². The summed E-state index contributed by atoms with van der Waals surface area (Å²) in [6.45, 7) is 0. The van der Waals surface area contributed by atoms with Crippen LogP contribution in [-0.2, 0) is 5.41 Å². The van der Waals surface area contributed by atoms with Gasteiger partial charge >= 0.3 is 0 Å². The quantitative estimate of drug-likeness (QED) is 0.172. The fourth-order valence-corrected chi connectivity index (χ4v) is 10.6. The molecule has 0 radical (unpaired) electrons. The Bertz CT molecular complexity index is 2780. The number of fused-ring (bicyclic) bond motifs is 3. The molecule has 12 rings (SSSR count). The van der Waals surface area contributed by atoms with Crippen LogP contribution in [0.25, 0.3) is 78.4 Å². The summed E-state index contributed by atoms with van der Waals surface area (Å²) in [6.07, 6.45) is 8.46. The minimum absolute atomic E-state index is 0.369. The minimum Gasteiger partial charge on any atom is -0.456 e. The van der Waals surface area contributed by atoms with Gasteiger partial charge in [-0.15, -0.1) is 0 Å². The Hall–Kier alpha value is -6.38. The van der Waals surface area contributed by atoms with Crippen LogP contribution in [0.3, 0.4) is 0 Å². The van der Waals surface area contributed by atoms with E-state index in [1.165, 1.54) is 49.7 Å². The molecule has 0 atom stereocenters. The van der Waals surface area contributed by atoms with E-state index in [1.807, 2.05) is 36.4 Å². The van der Waals surface area contributed by atoms with Gasteiger partial charge in [0, 0.05) is 27.5 Å². The average Bonchev–Trinajstić information content (AvgIpc) is 3.61. The molecule has 0 aliphatic heterocycles. The number of nitriles is 1. The Morgan fingerprint density at radius 2 is 1.05 bits per heavy atom. The van der Waals surface area contributed by atoms with E-state index in [-0.39, 0.29) is 0 Å². The van der Waals surface area contributed by atoms with Crippen LogP contribution in [-0.4, -0.2) is 15.0 Å². The molecule has 4 aliphatic rings. The van der Waals surface area contributed by atoms with Gasteiger partial charge in [-0.3, -0.25) is 0 Å². The Morgan fingerprint density at radius 1 is 0.491 bits per heavy atom. The molecule has 0 spiro atoms. The molecule has 2 heterocycles. The summed E-state index contributed by atoms with van der Waals surface area (Å²) in [7, 11) is 0. The van der Waals surface area contributed by atoms with Crippen LogP contribution >= 0.6 is 0 Å². The van der Waals surface area contributed by atoms with Crippen molar-refractivity contribution in [3.63, 3.8) is 0 Å². The lowest BCUT2D eigenvalue weighted by Gasteiger charge is -2.57. The van der Waals surface area contributed by atoms with E-state index in [4.69, 9.17) is 19.4 Å². The van der Waals surface area contributed by atoms with Crippen molar-refractivity contribution in [3.05, 3.63) is 151 Å². The fraction of sp³-hybridized carbons (Fsp3) is 0.200. The van der Waals surface area contributed by atoms with Gasteiger partial charge in [0.1, 0.15) is 11.2 Å². The van der Waals surface area contributed by atoms with E-state index < -0.39 is 0 Å². The van der Waals surface area contributed by atoms with Gasteiger partial charge in [0.25, 0.3) is 0 Å². The second-order valence-electron chi connectivity index (χ2n) is 16.2. The number of furan rings is 1. The molecule has 8 aromatic rings. The van der Waals surface area contributed by atoms with E-state index in [1.54, 1.807) is 6.07 Å². The van der Waals surface area contributed by atoms with Crippen molar-refractivity contribution in [2.24, 2.45) is 17.8 Å². The molecule has 0 amide bonds. The molecule has 4 aliphatic carbocycles. The van der Waals surface area contributed by atoms with Gasteiger partial charge in [-0.1, -0.05) is 103 Å². The zero-order chi connectivity index (χ0) is 36.5. The molecular formula is C50H38N4O. The van der Waals surface area contributed by atoms with Gasteiger partial charge in [-0.25, -0.2) is 15.0 Å². The monoisotopic (exact) mass is 710 g/mol. The van der Waals surface area contributed by atoms with Crippen LogP contribution in [0.1, 0.15) is 49.7 Å². The lowest BCUT2D eigenvalue weighted by Crippen LogP contribution is -2.48. The summed E-state index contributed by atoms with van der Waals surface area (Å²) in [5.74, 6) is 4.66. The van der Waals surface area contributed by atoms with Crippen LogP contribution in [0.4, 0.5) is 0 Å². The summed E-state index contributed by atoms with van der Waals surface area (Å²) >= 11 is 0. The summed E-state index contributed by atoms with van der Waals surface area (Å²) < 4.78 is 6.11. The van der Waals surface area contributed by atoms with Crippen molar-refractivity contribution >= 4 is 21.9 Å². The van der Waals surface area contributed by atoms with Crippen molar-refractivity contribution in [1.29, 1.82) is 5.26 Å². The predicted octanol–water partition coefficient (Wildman–Crippen LogP) is 12.4. The van der Waals surface area contributed by atoms with Crippen molar-refractivity contribution in [1.82, 2.24) is 15.0 Å². The highest BCUT2D eigenvalue weighted by molar-refractivity contribution is 6.06. The number of nitrogens with zero attached hydrogens (tertiary/aromatic N) is 4. The molecular weight excluding hydrogens is 673 g/mol. The topological polar surface area (TPSA) is 75.6 Å². The molecule has 6 aromatic carbocycles. The van der Waals surface area contributed by atoms with Crippen LogP contribution in [0.2, 0.25) is 0 Å². The first kappa shape index (κ1) is 32.1. The molecule has 4 saturated carbocycles. The third-order valence-electron chi connectivity index (χ3n) is 12.7. The molecule has 4 bridgehead atoms. The van der Waals surface area contributed by atoms with Gasteiger partial charge in [0.2, 0.25) is 0 Å². The lowest BCUT2D eigenvalue weighted by atomic mass is 9.48. The van der Waals surface area contributed by atoms with Crippen LogP contribution in [0, 0.1) is 29.1 Å². The van der Waals surface area contributed by atoms with E-state index >= 15 is 0 Å². The third kappa shape index (κ3) is 5.55. The Balaban J connectivity index is 0.990. The van der Waals surface area contributed by atoms with E-state index in [0.29, 0.717) is 28.5 Å². The fourth-order valence-electron chi connectivity index (χ4n) is 10.6. The van der Waals surface area contributed by atoms with Crippen molar-refractivity contribution in [3.8, 4) is 62.5 Å². The summed E-state index contributed by atoms with van der Waals surface area (Å²) in [5, 5.41) is 11.4. The van der Waals surface area contributed by atoms with Gasteiger partial charge < -0.3 is 4.42 Å². The Morgan fingerprint density at radius 3 is 1.78 bits per heavy atom. The lowest BCUT2D eigenvalue weighted by molar-refractivity contribution is -0.00518. The standard InChI is InChI=1S/C50H38N4O/c51-30-31-13-19-45-43(24-31)44-26-38(16-20-46(44)55-45)37-9-6-10-39(25-37)48-52-47(36-7-2-1-3-8-36)53-49(54-48)42-12-5-4-11-41(42)35-14-17-40(18-15-35)50-27-32-21-33(28-50)23-34(22-32)29-50/h1-20,24-26,32-34H,21-23,27-29H2. The molecule has 5 heteroatoms. The normalized spacial score (nSPS) is 21.3. The molecule has 4 fully saturated rings. The zero-order valence-corrected chi connectivity index (χ0v) is 30.5.